The van der Waals surface area contributed by atoms with Gasteiger partial charge in [-0.15, -0.1) is 0 Å². The highest BCUT2D eigenvalue weighted by Gasteiger charge is 2.25. The number of carbonyl (C=O) groups excluding carboxylic acids is 1. The highest BCUT2D eigenvalue weighted by molar-refractivity contribution is 5.78. The van der Waals surface area contributed by atoms with Crippen molar-refractivity contribution in [3.63, 3.8) is 0 Å². The van der Waals surface area contributed by atoms with E-state index in [0.29, 0.717) is 32.2 Å². The SMILES string of the molecule is CC1CN(C(=O)CN2CCC(CCC(=O)O)CC2)CCO1. The molecule has 1 unspecified atom stereocenters. The van der Waals surface area contributed by atoms with Crippen molar-refractivity contribution in [3.8, 4) is 0 Å². The molecule has 1 atom stereocenters. The van der Waals surface area contributed by atoms with Gasteiger partial charge in [-0.3, -0.25) is 14.5 Å². The predicted octanol–water partition coefficient (Wildman–Crippen LogP) is 0.810. The third-order valence-corrected chi connectivity index (χ3v) is 4.43. The molecule has 2 aliphatic heterocycles. The van der Waals surface area contributed by atoms with Crippen molar-refractivity contribution in [2.45, 2.75) is 38.7 Å². The van der Waals surface area contributed by atoms with Gasteiger partial charge in [0.25, 0.3) is 0 Å². The number of carbonyl (C=O) groups is 2. The fourth-order valence-electron chi connectivity index (χ4n) is 3.10. The molecular formula is C15H26N2O4. The summed E-state index contributed by atoms with van der Waals surface area (Å²) in [5, 5.41) is 8.71. The van der Waals surface area contributed by atoms with Crippen LogP contribution >= 0.6 is 0 Å². The molecule has 0 aliphatic carbocycles. The molecule has 0 aromatic carbocycles. The Kier molecular flexibility index (Phi) is 5.99. The molecule has 21 heavy (non-hydrogen) atoms. The van der Waals surface area contributed by atoms with Crippen LogP contribution < -0.4 is 0 Å². The summed E-state index contributed by atoms with van der Waals surface area (Å²) in [6.45, 7) is 6.29. The largest absolute Gasteiger partial charge is 0.481 e. The van der Waals surface area contributed by atoms with Crippen LogP contribution in [0.25, 0.3) is 0 Å². The Labute approximate surface area is 126 Å². The molecule has 0 spiro atoms. The van der Waals surface area contributed by atoms with E-state index < -0.39 is 5.97 Å². The van der Waals surface area contributed by atoms with Crippen molar-refractivity contribution in [2.75, 3.05) is 39.3 Å². The summed E-state index contributed by atoms with van der Waals surface area (Å²) in [5.41, 5.74) is 0. The third kappa shape index (κ3) is 5.28. The highest BCUT2D eigenvalue weighted by atomic mass is 16.5. The first-order chi connectivity index (χ1) is 10.0. The Morgan fingerprint density at radius 1 is 1.24 bits per heavy atom. The van der Waals surface area contributed by atoms with Crippen molar-refractivity contribution in [3.05, 3.63) is 0 Å². The van der Waals surface area contributed by atoms with Gasteiger partial charge in [0.05, 0.1) is 19.3 Å². The highest BCUT2D eigenvalue weighted by Crippen LogP contribution is 2.21. The smallest absolute Gasteiger partial charge is 0.303 e. The lowest BCUT2D eigenvalue weighted by atomic mass is 9.92. The maximum Gasteiger partial charge on any atom is 0.303 e. The number of piperidine rings is 1. The molecular weight excluding hydrogens is 272 g/mol. The first-order valence-corrected chi connectivity index (χ1v) is 7.88. The average Bonchev–Trinajstić information content (AvgIpc) is 2.46. The lowest BCUT2D eigenvalue weighted by molar-refractivity contribution is -0.139. The molecule has 0 saturated carbocycles. The minimum Gasteiger partial charge on any atom is -0.481 e. The number of carboxylic acid groups (broad SMARTS) is 1. The number of nitrogens with zero attached hydrogens (tertiary/aromatic N) is 2. The third-order valence-electron chi connectivity index (χ3n) is 4.43. The molecule has 2 aliphatic rings. The van der Waals surface area contributed by atoms with Crippen molar-refractivity contribution in [2.24, 2.45) is 5.92 Å². The second kappa shape index (κ2) is 7.75. The number of carboxylic acids is 1. The van der Waals surface area contributed by atoms with Crippen LogP contribution in [0.3, 0.4) is 0 Å². The second-order valence-electron chi connectivity index (χ2n) is 6.17. The molecule has 2 rings (SSSR count). The van der Waals surface area contributed by atoms with E-state index in [1.54, 1.807) is 0 Å². The summed E-state index contributed by atoms with van der Waals surface area (Å²) in [5.74, 6) is -0.0287. The van der Waals surface area contributed by atoms with E-state index in [0.717, 1.165) is 32.4 Å². The standard InChI is InChI=1S/C15H26N2O4/c1-12-10-17(8-9-21-12)14(18)11-16-6-4-13(5-7-16)2-3-15(19)20/h12-13H,2-11H2,1H3,(H,19,20). The molecule has 120 valence electrons. The molecule has 1 amide bonds. The van der Waals surface area contributed by atoms with Crippen LogP contribution in [0.1, 0.15) is 32.6 Å². The van der Waals surface area contributed by atoms with Crippen LogP contribution in [-0.2, 0) is 14.3 Å². The minimum atomic E-state index is -0.714. The molecule has 0 aromatic heterocycles. The predicted molar refractivity (Wildman–Crippen MR) is 78.0 cm³/mol. The molecule has 2 heterocycles. The molecule has 2 saturated heterocycles. The summed E-state index contributed by atoms with van der Waals surface area (Å²) < 4.78 is 5.45. The lowest BCUT2D eigenvalue weighted by Gasteiger charge is -2.35. The molecule has 6 heteroatoms. The minimum absolute atomic E-state index is 0.129. The van der Waals surface area contributed by atoms with E-state index in [4.69, 9.17) is 9.84 Å². The molecule has 0 radical (unpaired) electrons. The summed E-state index contributed by atoms with van der Waals surface area (Å²) in [7, 11) is 0. The van der Waals surface area contributed by atoms with Gasteiger partial charge in [0.1, 0.15) is 0 Å². The van der Waals surface area contributed by atoms with Gasteiger partial charge in [-0.1, -0.05) is 0 Å². The van der Waals surface area contributed by atoms with Crippen molar-refractivity contribution in [1.29, 1.82) is 0 Å². The van der Waals surface area contributed by atoms with E-state index in [1.807, 2.05) is 11.8 Å². The Bertz CT molecular complexity index is 367. The van der Waals surface area contributed by atoms with E-state index in [-0.39, 0.29) is 18.4 Å². The Morgan fingerprint density at radius 2 is 1.95 bits per heavy atom. The van der Waals surface area contributed by atoms with Gasteiger partial charge in [0.2, 0.25) is 5.91 Å². The summed E-state index contributed by atoms with van der Waals surface area (Å²) in [4.78, 5) is 26.9. The molecule has 0 bridgehead atoms. The summed E-state index contributed by atoms with van der Waals surface area (Å²) >= 11 is 0. The van der Waals surface area contributed by atoms with E-state index in [1.165, 1.54) is 0 Å². The van der Waals surface area contributed by atoms with Gasteiger partial charge in [0, 0.05) is 19.5 Å². The van der Waals surface area contributed by atoms with E-state index in [2.05, 4.69) is 4.90 Å². The normalized spacial score (nSPS) is 25.0. The first-order valence-electron chi connectivity index (χ1n) is 7.88. The zero-order valence-electron chi connectivity index (χ0n) is 12.8. The maximum atomic E-state index is 12.3. The zero-order valence-corrected chi connectivity index (χ0v) is 12.8. The summed E-state index contributed by atoms with van der Waals surface area (Å²) in [6, 6.07) is 0. The van der Waals surface area contributed by atoms with Crippen LogP contribution in [-0.4, -0.2) is 72.2 Å². The fourth-order valence-corrected chi connectivity index (χ4v) is 3.10. The van der Waals surface area contributed by atoms with Gasteiger partial charge >= 0.3 is 5.97 Å². The Morgan fingerprint density at radius 3 is 2.57 bits per heavy atom. The fraction of sp³-hybridized carbons (Fsp3) is 0.867. The van der Waals surface area contributed by atoms with Crippen LogP contribution in [0.5, 0.6) is 0 Å². The number of aliphatic carboxylic acids is 1. The quantitative estimate of drug-likeness (QED) is 0.813. The van der Waals surface area contributed by atoms with Gasteiger partial charge < -0.3 is 14.7 Å². The zero-order chi connectivity index (χ0) is 15.2. The van der Waals surface area contributed by atoms with Crippen molar-refractivity contribution >= 4 is 11.9 Å². The Balaban J connectivity index is 1.68. The van der Waals surface area contributed by atoms with Gasteiger partial charge in [0.15, 0.2) is 0 Å². The second-order valence-corrected chi connectivity index (χ2v) is 6.17. The van der Waals surface area contributed by atoms with Crippen LogP contribution in [0.4, 0.5) is 0 Å². The topological polar surface area (TPSA) is 70.1 Å². The number of hydrogen-bond donors (Lipinski definition) is 1. The van der Waals surface area contributed by atoms with Crippen LogP contribution in [0.15, 0.2) is 0 Å². The number of amides is 1. The van der Waals surface area contributed by atoms with Gasteiger partial charge in [-0.05, 0) is 45.2 Å². The van der Waals surface area contributed by atoms with E-state index >= 15 is 0 Å². The van der Waals surface area contributed by atoms with Crippen molar-refractivity contribution < 1.29 is 19.4 Å². The Hall–Kier alpha value is -1.14. The van der Waals surface area contributed by atoms with Crippen LogP contribution in [0.2, 0.25) is 0 Å². The molecule has 0 aromatic rings. The number of ether oxygens (including phenoxy) is 1. The molecule has 6 nitrogen and oxygen atoms in total. The average molecular weight is 298 g/mol. The monoisotopic (exact) mass is 298 g/mol. The van der Waals surface area contributed by atoms with Gasteiger partial charge in [-0.25, -0.2) is 0 Å². The summed E-state index contributed by atoms with van der Waals surface area (Å²) in [6.07, 6.45) is 3.15. The van der Waals surface area contributed by atoms with E-state index in [9.17, 15) is 9.59 Å². The maximum absolute atomic E-state index is 12.3. The molecule has 2 fully saturated rings. The molecule has 1 N–H and O–H groups in total. The number of rotatable bonds is 5. The first kappa shape index (κ1) is 16.2. The number of hydrogen-bond acceptors (Lipinski definition) is 4. The number of likely N-dealkylation sites (tertiary alicyclic amines) is 1. The van der Waals surface area contributed by atoms with Crippen molar-refractivity contribution in [1.82, 2.24) is 9.80 Å². The lowest BCUT2D eigenvalue weighted by Crippen LogP contribution is -2.49. The number of morpholine rings is 1. The van der Waals surface area contributed by atoms with Crippen LogP contribution in [0, 0.1) is 5.92 Å². The van der Waals surface area contributed by atoms with Gasteiger partial charge in [-0.2, -0.15) is 0 Å².